The van der Waals surface area contributed by atoms with Gasteiger partial charge in [0.15, 0.2) is 5.78 Å². The van der Waals surface area contributed by atoms with E-state index in [0.717, 1.165) is 18.4 Å². The molecule has 146 valence electrons. The van der Waals surface area contributed by atoms with Gasteiger partial charge in [0.2, 0.25) is 0 Å². The number of fused-ring (bicyclic) bond motifs is 1. The molecule has 0 N–H and O–H groups in total. The summed E-state index contributed by atoms with van der Waals surface area (Å²) in [5, 5.41) is 2.01. The highest BCUT2D eigenvalue weighted by Crippen LogP contribution is 2.38. The highest BCUT2D eigenvalue weighted by molar-refractivity contribution is 5.84. The zero-order chi connectivity index (χ0) is 19.5. The standard InChI is InChI=1S/C24H28N2O2/c1-25(2)20-14-11-18(12-15-20)13-16-22-21-9-6-10-23(27)24(21)28-26(22)17-19-7-4-3-5-8-19/h3-5,7-8,11-16,21-22,24H,6,9-10,17H2,1-2H3/b16-13+/t21-,22+,24+/m1/s1. The van der Waals surface area contributed by atoms with E-state index in [1.807, 2.05) is 37.4 Å². The first kappa shape index (κ1) is 18.9. The number of carbonyl (C=O) groups excluding carboxylic acids is 1. The zero-order valence-corrected chi connectivity index (χ0v) is 16.6. The second-order valence-electron chi connectivity index (χ2n) is 7.94. The summed E-state index contributed by atoms with van der Waals surface area (Å²) >= 11 is 0. The van der Waals surface area contributed by atoms with Crippen molar-refractivity contribution in [3.05, 3.63) is 71.8 Å². The quantitative estimate of drug-likeness (QED) is 0.778. The molecular weight excluding hydrogens is 348 g/mol. The highest BCUT2D eigenvalue weighted by atomic mass is 16.7. The number of nitrogens with zero attached hydrogens (tertiary/aromatic N) is 2. The van der Waals surface area contributed by atoms with Crippen molar-refractivity contribution in [1.29, 1.82) is 0 Å². The first-order valence-electron chi connectivity index (χ1n) is 10.1. The minimum absolute atomic E-state index is 0.114. The number of rotatable bonds is 5. The van der Waals surface area contributed by atoms with Gasteiger partial charge < -0.3 is 4.90 Å². The molecule has 0 aromatic heterocycles. The van der Waals surface area contributed by atoms with Crippen molar-refractivity contribution < 1.29 is 9.63 Å². The van der Waals surface area contributed by atoms with Gasteiger partial charge in [0.1, 0.15) is 6.10 Å². The molecule has 0 radical (unpaired) electrons. The summed E-state index contributed by atoms with van der Waals surface area (Å²) in [6.07, 6.45) is 6.73. The number of hydroxylamine groups is 2. The molecule has 0 bridgehead atoms. The van der Waals surface area contributed by atoms with E-state index in [2.05, 4.69) is 53.5 Å². The molecule has 1 aliphatic carbocycles. The first-order chi connectivity index (χ1) is 13.6. The van der Waals surface area contributed by atoms with Crippen LogP contribution in [0.3, 0.4) is 0 Å². The first-order valence-corrected chi connectivity index (χ1v) is 10.1. The van der Waals surface area contributed by atoms with Crippen LogP contribution in [0.25, 0.3) is 6.08 Å². The SMILES string of the molecule is CN(C)c1ccc(/C=C/[C@H]2[C@H]3CCCC(=O)[C@H]3ON2Cc2ccccc2)cc1. The lowest BCUT2D eigenvalue weighted by atomic mass is 9.81. The van der Waals surface area contributed by atoms with E-state index in [-0.39, 0.29) is 23.8 Å². The van der Waals surface area contributed by atoms with E-state index in [1.54, 1.807) is 0 Å². The smallest absolute Gasteiger partial charge is 0.164 e. The number of hydrogen-bond acceptors (Lipinski definition) is 4. The average molecular weight is 376 g/mol. The third-order valence-corrected chi connectivity index (χ3v) is 5.76. The lowest BCUT2D eigenvalue weighted by Gasteiger charge is -2.24. The van der Waals surface area contributed by atoms with Gasteiger partial charge in [-0.3, -0.25) is 9.63 Å². The van der Waals surface area contributed by atoms with E-state index in [0.29, 0.717) is 13.0 Å². The predicted octanol–water partition coefficient (Wildman–Crippen LogP) is 4.32. The largest absolute Gasteiger partial charge is 0.378 e. The van der Waals surface area contributed by atoms with Gasteiger partial charge in [0.05, 0.1) is 6.04 Å². The van der Waals surface area contributed by atoms with E-state index >= 15 is 0 Å². The van der Waals surface area contributed by atoms with Crippen molar-refractivity contribution in [2.45, 2.75) is 38.0 Å². The number of ketones is 1. The van der Waals surface area contributed by atoms with Gasteiger partial charge in [-0.2, -0.15) is 5.06 Å². The highest BCUT2D eigenvalue weighted by Gasteiger charge is 2.46. The molecule has 4 heteroatoms. The molecule has 2 aliphatic rings. The molecule has 1 saturated carbocycles. The second-order valence-corrected chi connectivity index (χ2v) is 7.94. The van der Waals surface area contributed by atoms with E-state index in [9.17, 15) is 4.79 Å². The van der Waals surface area contributed by atoms with Gasteiger partial charge in [0, 0.05) is 38.7 Å². The Morgan fingerprint density at radius 1 is 1.11 bits per heavy atom. The van der Waals surface area contributed by atoms with Crippen LogP contribution in [-0.4, -0.2) is 37.1 Å². The summed E-state index contributed by atoms with van der Waals surface area (Å²) in [4.78, 5) is 20.7. The normalized spacial score (nSPS) is 25.2. The van der Waals surface area contributed by atoms with Gasteiger partial charge in [-0.05, 0) is 36.1 Å². The fourth-order valence-corrected chi connectivity index (χ4v) is 4.20. The Labute approximate surface area is 167 Å². The van der Waals surface area contributed by atoms with Crippen LogP contribution in [0.4, 0.5) is 5.69 Å². The van der Waals surface area contributed by atoms with E-state index < -0.39 is 0 Å². The van der Waals surface area contributed by atoms with Crippen LogP contribution < -0.4 is 4.90 Å². The maximum Gasteiger partial charge on any atom is 0.164 e. The molecule has 0 amide bonds. The Kier molecular flexibility index (Phi) is 5.60. The van der Waals surface area contributed by atoms with Crippen LogP contribution in [0.2, 0.25) is 0 Å². The third kappa shape index (κ3) is 4.03. The molecule has 0 spiro atoms. The van der Waals surface area contributed by atoms with E-state index in [4.69, 9.17) is 4.84 Å². The molecule has 0 unspecified atom stereocenters. The second kappa shape index (κ2) is 8.29. The Morgan fingerprint density at radius 2 is 1.86 bits per heavy atom. The van der Waals surface area contributed by atoms with Crippen LogP contribution in [0.1, 0.15) is 30.4 Å². The molecule has 1 saturated heterocycles. The molecule has 4 nitrogen and oxygen atoms in total. The fourth-order valence-electron chi connectivity index (χ4n) is 4.20. The van der Waals surface area contributed by atoms with Crippen LogP contribution in [0, 0.1) is 5.92 Å². The average Bonchev–Trinajstić information content (AvgIpc) is 3.06. The van der Waals surface area contributed by atoms with Crippen molar-refractivity contribution in [3.63, 3.8) is 0 Å². The van der Waals surface area contributed by atoms with Gasteiger partial charge in [-0.15, -0.1) is 0 Å². The molecule has 3 atom stereocenters. The number of hydrogen-bond donors (Lipinski definition) is 0. The van der Waals surface area contributed by atoms with Gasteiger partial charge in [-0.25, -0.2) is 0 Å². The summed E-state index contributed by atoms with van der Waals surface area (Å²) < 4.78 is 0. The molecule has 2 aromatic rings. The lowest BCUT2D eigenvalue weighted by molar-refractivity contribution is -0.175. The summed E-state index contributed by atoms with van der Waals surface area (Å²) in [5.74, 6) is 0.489. The van der Waals surface area contributed by atoms with Crippen LogP contribution in [0.15, 0.2) is 60.7 Å². The topological polar surface area (TPSA) is 32.8 Å². The van der Waals surface area contributed by atoms with Gasteiger partial charge in [-0.1, -0.05) is 54.6 Å². The molecule has 2 fully saturated rings. The van der Waals surface area contributed by atoms with Crippen LogP contribution >= 0.6 is 0 Å². The Hall–Kier alpha value is -2.43. The molecule has 1 aliphatic heterocycles. The predicted molar refractivity (Wildman–Crippen MR) is 113 cm³/mol. The molecular formula is C24H28N2O2. The maximum atomic E-state index is 12.4. The van der Waals surface area contributed by atoms with E-state index in [1.165, 1.54) is 11.3 Å². The minimum Gasteiger partial charge on any atom is -0.378 e. The minimum atomic E-state index is -0.289. The Morgan fingerprint density at radius 3 is 2.57 bits per heavy atom. The summed E-state index contributed by atoms with van der Waals surface area (Å²) in [6.45, 7) is 0.690. The van der Waals surface area contributed by atoms with Gasteiger partial charge >= 0.3 is 0 Å². The molecule has 28 heavy (non-hydrogen) atoms. The number of benzene rings is 2. The fraction of sp³-hybridized carbons (Fsp3) is 0.375. The van der Waals surface area contributed by atoms with Crippen molar-refractivity contribution in [1.82, 2.24) is 5.06 Å². The van der Waals surface area contributed by atoms with Crippen LogP contribution in [-0.2, 0) is 16.2 Å². The maximum absolute atomic E-state index is 12.4. The number of Topliss-reactive ketones (excluding diaryl/α,β-unsaturated/α-hetero) is 1. The Bertz CT molecular complexity index is 829. The Balaban J connectivity index is 1.55. The van der Waals surface area contributed by atoms with Crippen molar-refractivity contribution >= 4 is 17.5 Å². The third-order valence-electron chi connectivity index (χ3n) is 5.76. The number of anilines is 1. The number of carbonyl (C=O) groups is 1. The van der Waals surface area contributed by atoms with Crippen molar-refractivity contribution in [3.8, 4) is 0 Å². The summed E-state index contributed by atoms with van der Waals surface area (Å²) in [7, 11) is 4.09. The summed E-state index contributed by atoms with van der Waals surface area (Å²) in [5.41, 5.74) is 3.54. The van der Waals surface area contributed by atoms with Crippen molar-refractivity contribution in [2.75, 3.05) is 19.0 Å². The van der Waals surface area contributed by atoms with Crippen LogP contribution in [0.5, 0.6) is 0 Å². The zero-order valence-electron chi connectivity index (χ0n) is 16.6. The molecule has 2 aromatic carbocycles. The summed E-state index contributed by atoms with van der Waals surface area (Å²) in [6, 6.07) is 18.9. The monoisotopic (exact) mass is 376 g/mol. The molecule has 1 heterocycles. The molecule has 4 rings (SSSR count). The van der Waals surface area contributed by atoms with Crippen molar-refractivity contribution in [2.24, 2.45) is 5.92 Å². The lowest BCUT2D eigenvalue weighted by Crippen LogP contribution is -2.34. The van der Waals surface area contributed by atoms with Gasteiger partial charge in [0.25, 0.3) is 0 Å².